The highest BCUT2D eigenvalue weighted by Crippen LogP contribution is 2.29. The number of carbonyl (C=O) groups is 1. The van der Waals surface area contributed by atoms with Crippen molar-refractivity contribution in [2.45, 2.75) is 32.8 Å². The van der Waals surface area contributed by atoms with Gasteiger partial charge in [0.25, 0.3) is 5.91 Å². The van der Waals surface area contributed by atoms with E-state index in [1.807, 2.05) is 38.1 Å². The lowest BCUT2D eigenvalue weighted by atomic mass is 10.1. The van der Waals surface area contributed by atoms with Crippen LogP contribution in [0.1, 0.15) is 34.3 Å². The van der Waals surface area contributed by atoms with Gasteiger partial charge in [0.05, 0.1) is 26.9 Å². The summed E-state index contributed by atoms with van der Waals surface area (Å²) in [5, 5.41) is 6.07. The summed E-state index contributed by atoms with van der Waals surface area (Å²) in [4.78, 5) is 17.4. The Hall–Kier alpha value is -3.06. The van der Waals surface area contributed by atoms with Crippen molar-refractivity contribution in [3.63, 3.8) is 0 Å². The predicted molar refractivity (Wildman–Crippen MR) is 118 cm³/mol. The van der Waals surface area contributed by atoms with E-state index in [9.17, 15) is 4.79 Å². The molecular formula is C23H29N3O4. The van der Waals surface area contributed by atoms with E-state index in [-0.39, 0.29) is 12.0 Å². The normalized spacial score (nSPS) is 16.3. The number of methoxy groups -OCH3 is 2. The zero-order valence-corrected chi connectivity index (χ0v) is 18.0. The SMILES string of the molecule is COc1ccc(NC(=NCC2CCCO2)NC(=O)c2ccc(C)c(C)c2)cc1OC. The lowest BCUT2D eigenvalue weighted by Gasteiger charge is -2.15. The molecule has 0 aliphatic carbocycles. The van der Waals surface area contributed by atoms with Gasteiger partial charge >= 0.3 is 0 Å². The van der Waals surface area contributed by atoms with E-state index in [1.165, 1.54) is 0 Å². The largest absolute Gasteiger partial charge is 0.493 e. The van der Waals surface area contributed by atoms with Gasteiger partial charge in [-0.2, -0.15) is 0 Å². The van der Waals surface area contributed by atoms with Crippen molar-refractivity contribution in [1.29, 1.82) is 0 Å². The van der Waals surface area contributed by atoms with Crippen LogP contribution in [0.3, 0.4) is 0 Å². The Morgan fingerprint density at radius 3 is 2.57 bits per heavy atom. The monoisotopic (exact) mass is 411 g/mol. The van der Waals surface area contributed by atoms with Crippen LogP contribution in [0.5, 0.6) is 11.5 Å². The molecule has 2 aromatic rings. The fourth-order valence-electron chi connectivity index (χ4n) is 3.20. The lowest BCUT2D eigenvalue weighted by Crippen LogP contribution is -2.36. The maximum absolute atomic E-state index is 12.8. The fourth-order valence-corrected chi connectivity index (χ4v) is 3.20. The van der Waals surface area contributed by atoms with Crippen molar-refractivity contribution in [2.24, 2.45) is 4.99 Å². The first kappa shape index (κ1) is 21.6. The molecule has 7 nitrogen and oxygen atoms in total. The van der Waals surface area contributed by atoms with Crippen LogP contribution in [0.2, 0.25) is 0 Å². The molecule has 0 bridgehead atoms. The number of nitrogens with one attached hydrogen (secondary N) is 2. The summed E-state index contributed by atoms with van der Waals surface area (Å²) < 4.78 is 16.3. The smallest absolute Gasteiger partial charge is 0.257 e. The van der Waals surface area contributed by atoms with E-state index >= 15 is 0 Å². The summed E-state index contributed by atoms with van der Waals surface area (Å²) >= 11 is 0. The second kappa shape index (κ2) is 10.1. The molecule has 1 unspecified atom stereocenters. The molecule has 1 amide bonds. The molecule has 7 heteroatoms. The topological polar surface area (TPSA) is 81.2 Å². The summed E-state index contributed by atoms with van der Waals surface area (Å²) in [5.41, 5.74) is 3.51. The van der Waals surface area contributed by atoms with Crippen LogP contribution in [0.4, 0.5) is 5.69 Å². The van der Waals surface area contributed by atoms with Gasteiger partial charge in [0, 0.05) is 23.9 Å². The molecule has 3 rings (SSSR count). The van der Waals surface area contributed by atoms with E-state index in [0.29, 0.717) is 29.6 Å². The molecule has 1 aliphatic heterocycles. The second-order valence-corrected chi connectivity index (χ2v) is 7.27. The number of carbonyl (C=O) groups excluding carboxylic acids is 1. The second-order valence-electron chi connectivity index (χ2n) is 7.27. The summed E-state index contributed by atoms with van der Waals surface area (Å²) in [5.74, 6) is 1.35. The molecule has 0 saturated carbocycles. The Morgan fingerprint density at radius 2 is 1.90 bits per heavy atom. The first-order chi connectivity index (χ1) is 14.5. The Labute approximate surface area is 177 Å². The molecule has 1 fully saturated rings. The Bertz CT molecular complexity index is 921. The van der Waals surface area contributed by atoms with Crippen LogP contribution in [0.25, 0.3) is 0 Å². The predicted octanol–water partition coefficient (Wildman–Crippen LogP) is 3.70. The lowest BCUT2D eigenvalue weighted by molar-refractivity contribution is 0.0975. The van der Waals surface area contributed by atoms with Gasteiger partial charge < -0.3 is 19.5 Å². The molecule has 1 saturated heterocycles. The third-order valence-corrected chi connectivity index (χ3v) is 5.12. The average Bonchev–Trinajstić information content (AvgIpc) is 3.27. The van der Waals surface area contributed by atoms with Gasteiger partial charge in [-0.15, -0.1) is 0 Å². The van der Waals surface area contributed by atoms with E-state index in [1.54, 1.807) is 26.4 Å². The highest BCUT2D eigenvalue weighted by atomic mass is 16.5. The van der Waals surface area contributed by atoms with Crippen molar-refractivity contribution < 1.29 is 19.0 Å². The van der Waals surface area contributed by atoms with Gasteiger partial charge in [-0.3, -0.25) is 10.1 Å². The maximum Gasteiger partial charge on any atom is 0.257 e. The minimum atomic E-state index is -0.225. The highest BCUT2D eigenvalue weighted by Gasteiger charge is 2.17. The van der Waals surface area contributed by atoms with Crippen LogP contribution >= 0.6 is 0 Å². The number of aryl methyl sites for hydroxylation is 2. The number of hydrogen-bond donors (Lipinski definition) is 2. The Kier molecular flexibility index (Phi) is 7.30. The number of rotatable bonds is 6. The van der Waals surface area contributed by atoms with Crippen molar-refractivity contribution in [3.8, 4) is 11.5 Å². The third-order valence-electron chi connectivity index (χ3n) is 5.12. The number of amides is 1. The first-order valence-corrected chi connectivity index (χ1v) is 10.0. The molecule has 1 heterocycles. The number of anilines is 1. The van der Waals surface area contributed by atoms with Crippen molar-refractivity contribution in [3.05, 3.63) is 53.1 Å². The van der Waals surface area contributed by atoms with Crippen molar-refractivity contribution in [1.82, 2.24) is 5.32 Å². The number of guanidine groups is 1. The molecule has 160 valence electrons. The molecule has 0 radical (unpaired) electrons. The number of aliphatic imine (C=N–C) groups is 1. The van der Waals surface area contributed by atoms with Gasteiger partial charge in [0.2, 0.25) is 5.96 Å². The van der Waals surface area contributed by atoms with Gasteiger partial charge in [-0.25, -0.2) is 4.99 Å². The average molecular weight is 412 g/mol. The third kappa shape index (κ3) is 5.51. The zero-order valence-electron chi connectivity index (χ0n) is 18.0. The van der Waals surface area contributed by atoms with E-state index in [4.69, 9.17) is 14.2 Å². The molecule has 0 aromatic heterocycles. The van der Waals surface area contributed by atoms with E-state index in [2.05, 4.69) is 15.6 Å². The first-order valence-electron chi connectivity index (χ1n) is 10.0. The highest BCUT2D eigenvalue weighted by molar-refractivity contribution is 6.10. The number of nitrogens with zero attached hydrogens (tertiary/aromatic N) is 1. The van der Waals surface area contributed by atoms with Crippen LogP contribution in [-0.4, -0.2) is 45.3 Å². The Balaban J connectivity index is 1.79. The molecule has 1 atom stereocenters. The number of ether oxygens (including phenoxy) is 3. The Morgan fingerprint density at radius 1 is 1.10 bits per heavy atom. The zero-order chi connectivity index (χ0) is 21.5. The molecular weight excluding hydrogens is 382 g/mol. The summed E-state index contributed by atoms with van der Waals surface area (Å²) in [7, 11) is 3.17. The quantitative estimate of drug-likeness (QED) is 0.560. The minimum Gasteiger partial charge on any atom is -0.493 e. The van der Waals surface area contributed by atoms with Crippen LogP contribution in [0, 0.1) is 13.8 Å². The minimum absolute atomic E-state index is 0.0747. The van der Waals surface area contributed by atoms with Crippen molar-refractivity contribution >= 4 is 17.6 Å². The molecule has 0 spiro atoms. The van der Waals surface area contributed by atoms with Gasteiger partial charge in [-0.05, 0) is 62.1 Å². The standard InChI is InChI=1S/C23H29N3O4/c1-15-7-8-17(12-16(15)2)22(27)26-23(24-14-19-6-5-11-30-19)25-18-9-10-20(28-3)21(13-18)29-4/h7-10,12-13,19H,5-6,11,14H2,1-4H3,(H2,24,25,26,27). The van der Waals surface area contributed by atoms with E-state index in [0.717, 1.165) is 36.3 Å². The van der Waals surface area contributed by atoms with Gasteiger partial charge in [0.1, 0.15) is 0 Å². The summed E-state index contributed by atoms with van der Waals surface area (Å²) in [6.07, 6.45) is 2.08. The van der Waals surface area contributed by atoms with Crippen LogP contribution in [-0.2, 0) is 4.74 Å². The molecule has 1 aliphatic rings. The fraction of sp³-hybridized carbons (Fsp3) is 0.391. The number of benzene rings is 2. The maximum atomic E-state index is 12.8. The van der Waals surface area contributed by atoms with Gasteiger partial charge in [0.15, 0.2) is 11.5 Å². The van der Waals surface area contributed by atoms with Crippen LogP contribution in [0.15, 0.2) is 41.4 Å². The molecule has 2 N–H and O–H groups in total. The summed E-state index contributed by atoms with van der Waals surface area (Å²) in [6.45, 7) is 5.24. The van der Waals surface area contributed by atoms with Gasteiger partial charge in [-0.1, -0.05) is 6.07 Å². The van der Waals surface area contributed by atoms with Crippen LogP contribution < -0.4 is 20.1 Å². The molecule has 30 heavy (non-hydrogen) atoms. The van der Waals surface area contributed by atoms with Crippen molar-refractivity contribution in [2.75, 3.05) is 32.7 Å². The summed E-state index contributed by atoms with van der Waals surface area (Å²) in [6, 6.07) is 11.1. The van der Waals surface area contributed by atoms with E-state index < -0.39 is 0 Å². The number of hydrogen-bond acceptors (Lipinski definition) is 5. The molecule has 2 aromatic carbocycles.